The Morgan fingerprint density at radius 2 is 1.81 bits per heavy atom. The molecular weight excluding hydrogens is 361 g/mol. The van der Waals surface area contributed by atoms with Gasteiger partial charge in [0.15, 0.2) is 0 Å². The molecular formula is C19H15F3N2OS. The van der Waals surface area contributed by atoms with Crippen LogP contribution in [0.3, 0.4) is 0 Å². The van der Waals surface area contributed by atoms with Gasteiger partial charge in [-0.15, -0.1) is 11.3 Å². The maximum Gasteiger partial charge on any atom is 0.416 e. The number of hydrogen-bond donors (Lipinski definition) is 1. The number of benzene rings is 1. The highest BCUT2D eigenvalue weighted by molar-refractivity contribution is 7.18. The van der Waals surface area contributed by atoms with Crippen molar-refractivity contribution in [1.82, 2.24) is 9.97 Å². The van der Waals surface area contributed by atoms with Gasteiger partial charge < -0.3 is 4.98 Å². The highest BCUT2D eigenvalue weighted by Crippen LogP contribution is 2.33. The van der Waals surface area contributed by atoms with E-state index in [4.69, 9.17) is 0 Å². The first-order valence-electron chi connectivity index (χ1n) is 8.32. The molecule has 0 unspecified atom stereocenters. The number of aromatic nitrogens is 2. The molecule has 0 saturated carbocycles. The minimum absolute atomic E-state index is 0.151. The van der Waals surface area contributed by atoms with Crippen molar-refractivity contribution in [2.75, 3.05) is 0 Å². The van der Waals surface area contributed by atoms with E-state index < -0.39 is 11.7 Å². The summed E-state index contributed by atoms with van der Waals surface area (Å²) in [5.74, 6) is 0.404. The number of halogens is 3. The summed E-state index contributed by atoms with van der Waals surface area (Å²) in [5.41, 5.74) is 0.891. The first-order valence-corrected chi connectivity index (χ1v) is 9.13. The molecule has 1 aliphatic rings. The van der Waals surface area contributed by atoms with Gasteiger partial charge in [-0.2, -0.15) is 13.2 Å². The van der Waals surface area contributed by atoms with E-state index >= 15 is 0 Å². The molecule has 3 nitrogen and oxygen atoms in total. The van der Waals surface area contributed by atoms with Crippen LogP contribution in [0.4, 0.5) is 13.2 Å². The molecule has 0 amide bonds. The van der Waals surface area contributed by atoms with Crippen LogP contribution in [0.2, 0.25) is 0 Å². The largest absolute Gasteiger partial charge is 0.416 e. The Morgan fingerprint density at radius 1 is 1.08 bits per heavy atom. The van der Waals surface area contributed by atoms with E-state index in [9.17, 15) is 18.0 Å². The average molecular weight is 376 g/mol. The second-order valence-electron chi connectivity index (χ2n) is 6.30. The molecule has 0 fully saturated rings. The third-order valence-corrected chi connectivity index (χ3v) is 5.70. The van der Waals surface area contributed by atoms with E-state index in [1.165, 1.54) is 17.0 Å². The summed E-state index contributed by atoms with van der Waals surface area (Å²) in [6.07, 6.45) is 3.04. The van der Waals surface area contributed by atoms with Gasteiger partial charge in [0.1, 0.15) is 10.7 Å². The van der Waals surface area contributed by atoms with Gasteiger partial charge in [-0.05, 0) is 55.0 Å². The van der Waals surface area contributed by atoms with E-state index in [1.54, 1.807) is 23.5 Å². The van der Waals surface area contributed by atoms with Crippen LogP contribution >= 0.6 is 11.3 Å². The van der Waals surface area contributed by atoms with E-state index in [1.807, 2.05) is 0 Å². The fourth-order valence-corrected chi connectivity index (χ4v) is 4.49. The SMILES string of the molecule is O=c1[nH]c(/C=C/c2ccc(C(F)(F)F)cc2)nc2sc3c(c12)CCCC3. The molecule has 0 atom stereocenters. The van der Waals surface area contributed by atoms with Crippen molar-refractivity contribution in [2.45, 2.75) is 31.9 Å². The maximum atomic E-state index is 12.6. The predicted octanol–water partition coefficient (Wildman–Crippen LogP) is 5.05. The molecule has 0 aliphatic heterocycles. The van der Waals surface area contributed by atoms with Gasteiger partial charge >= 0.3 is 6.18 Å². The van der Waals surface area contributed by atoms with Crippen LogP contribution in [0.25, 0.3) is 22.4 Å². The van der Waals surface area contributed by atoms with Gasteiger partial charge in [0.25, 0.3) is 5.56 Å². The smallest absolute Gasteiger partial charge is 0.306 e. The van der Waals surface area contributed by atoms with Crippen LogP contribution in [0.1, 0.15) is 40.2 Å². The fraction of sp³-hybridized carbons (Fsp3) is 0.263. The molecule has 0 bridgehead atoms. The zero-order chi connectivity index (χ0) is 18.3. The Morgan fingerprint density at radius 3 is 2.54 bits per heavy atom. The van der Waals surface area contributed by atoms with Crippen molar-refractivity contribution in [1.29, 1.82) is 0 Å². The summed E-state index contributed by atoms with van der Waals surface area (Å²) in [7, 11) is 0. The molecule has 1 N–H and O–H groups in total. The third kappa shape index (κ3) is 3.19. The second kappa shape index (κ2) is 6.39. The standard InChI is InChI=1S/C19H15F3N2OS/c20-19(21,22)12-8-5-11(6-9-12)7-10-15-23-17(25)16-13-3-1-2-4-14(13)26-18(16)24-15/h5-10H,1-4H2,(H,23,24,25)/b10-7+. The van der Waals surface area contributed by atoms with Crippen LogP contribution < -0.4 is 5.56 Å². The number of aryl methyl sites for hydroxylation is 2. The maximum absolute atomic E-state index is 12.6. The Bertz CT molecular complexity index is 1050. The van der Waals surface area contributed by atoms with Gasteiger partial charge in [0.05, 0.1) is 10.9 Å². The number of fused-ring (bicyclic) bond motifs is 3. The van der Waals surface area contributed by atoms with Crippen LogP contribution in [0.5, 0.6) is 0 Å². The van der Waals surface area contributed by atoms with Gasteiger partial charge in [0, 0.05) is 4.88 Å². The number of nitrogens with zero attached hydrogens (tertiary/aromatic N) is 1. The summed E-state index contributed by atoms with van der Waals surface area (Å²) >= 11 is 1.56. The minimum Gasteiger partial charge on any atom is -0.306 e. The molecule has 0 spiro atoms. The molecule has 134 valence electrons. The monoisotopic (exact) mass is 376 g/mol. The molecule has 4 rings (SSSR count). The van der Waals surface area contributed by atoms with Crippen molar-refractivity contribution in [3.05, 3.63) is 62.0 Å². The van der Waals surface area contributed by atoms with Gasteiger partial charge in [0.2, 0.25) is 0 Å². The Labute approximate surface area is 151 Å². The van der Waals surface area contributed by atoms with Crippen molar-refractivity contribution < 1.29 is 13.2 Å². The van der Waals surface area contributed by atoms with Crippen LogP contribution in [-0.4, -0.2) is 9.97 Å². The van der Waals surface area contributed by atoms with Crippen molar-refractivity contribution in [2.24, 2.45) is 0 Å². The quantitative estimate of drug-likeness (QED) is 0.680. The lowest BCUT2D eigenvalue weighted by Gasteiger charge is -2.09. The van der Waals surface area contributed by atoms with Gasteiger partial charge in [-0.3, -0.25) is 4.79 Å². The molecule has 0 radical (unpaired) electrons. The van der Waals surface area contributed by atoms with Crippen LogP contribution in [-0.2, 0) is 19.0 Å². The first-order chi connectivity index (χ1) is 12.4. The number of thiophene rings is 1. The molecule has 3 aromatic rings. The Balaban J connectivity index is 1.65. The summed E-state index contributed by atoms with van der Waals surface area (Å²) in [4.78, 5) is 21.7. The molecule has 1 aromatic carbocycles. The fourth-order valence-electron chi connectivity index (χ4n) is 3.22. The Kier molecular flexibility index (Phi) is 4.19. The van der Waals surface area contributed by atoms with Gasteiger partial charge in [-0.25, -0.2) is 4.98 Å². The van der Waals surface area contributed by atoms with Crippen molar-refractivity contribution >= 4 is 33.7 Å². The molecule has 2 aromatic heterocycles. The average Bonchev–Trinajstić information content (AvgIpc) is 2.98. The highest BCUT2D eigenvalue weighted by atomic mass is 32.1. The molecule has 2 heterocycles. The van der Waals surface area contributed by atoms with E-state index in [-0.39, 0.29) is 5.56 Å². The van der Waals surface area contributed by atoms with Gasteiger partial charge in [-0.1, -0.05) is 18.2 Å². The van der Waals surface area contributed by atoms with Crippen LogP contribution in [0.15, 0.2) is 29.1 Å². The lowest BCUT2D eigenvalue weighted by atomic mass is 9.97. The highest BCUT2D eigenvalue weighted by Gasteiger charge is 2.29. The van der Waals surface area contributed by atoms with Crippen molar-refractivity contribution in [3.63, 3.8) is 0 Å². The summed E-state index contributed by atoms with van der Waals surface area (Å²) < 4.78 is 37.8. The first kappa shape index (κ1) is 17.0. The van der Waals surface area contributed by atoms with Crippen molar-refractivity contribution in [3.8, 4) is 0 Å². The normalized spacial score (nSPS) is 14.9. The summed E-state index contributed by atoms with van der Waals surface area (Å²) in [5, 5.41) is 0.691. The molecule has 7 heteroatoms. The lowest BCUT2D eigenvalue weighted by molar-refractivity contribution is -0.137. The van der Waals surface area contributed by atoms with E-state index in [0.29, 0.717) is 16.8 Å². The molecule has 1 aliphatic carbocycles. The zero-order valence-corrected chi connectivity index (χ0v) is 14.5. The number of hydrogen-bond acceptors (Lipinski definition) is 3. The predicted molar refractivity (Wildman–Crippen MR) is 97.3 cm³/mol. The number of rotatable bonds is 2. The topological polar surface area (TPSA) is 45.8 Å². The van der Waals surface area contributed by atoms with E-state index in [0.717, 1.165) is 48.2 Å². The van der Waals surface area contributed by atoms with E-state index in [2.05, 4.69) is 9.97 Å². The molecule has 26 heavy (non-hydrogen) atoms. The summed E-state index contributed by atoms with van der Waals surface area (Å²) in [6.45, 7) is 0. The molecule has 0 saturated heterocycles. The minimum atomic E-state index is -4.35. The lowest BCUT2D eigenvalue weighted by Crippen LogP contribution is -2.11. The number of aromatic amines is 1. The third-order valence-electron chi connectivity index (χ3n) is 4.52. The Hall–Kier alpha value is -2.41. The number of H-pyrrole nitrogens is 1. The number of nitrogens with one attached hydrogen (secondary N) is 1. The van der Waals surface area contributed by atoms with Crippen LogP contribution in [0, 0.1) is 0 Å². The summed E-state index contributed by atoms with van der Waals surface area (Å²) in [6, 6.07) is 4.85. The second-order valence-corrected chi connectivity index (χ2v) is 7.38. The number of alkyl halides is 3. The zero-order valence-electron chi connectivity index (χ0n) is 13.7.